The van der Waals surface area contributed by atoms with Crippen molar-refractivity contribution in [3.8, 4) is 11.5 Å². The fraction of sp³-hybridized carbons (Fsp3) is 0.393. The Bertz CT molecular complexity index is 1150. The Morgan fingerprint density at radius 1 is 1.17 bits per heavy atom. The molecule has 0 radical (unpaired) electrons. The van der Waals surface area contributed by atoms with Gasteiger partial charge in [0.15, 0.2) is 5.60 Å². The Kier molecular flexibility index (Phi) is 7.11. The Balaban J connectivity index is 1.60. The topological polar surface area (TPSA) is 74.2 Å². The maximum absolute atomic E-state index is 11.1. The molecule has 1 saturated heterocycles. The lowest BCUT2D eigenvalue weighted by molar-refractivity contribution is -0.624. The second-order valence-electron chi connectivity index (χ2n) is 9.65. The molecule has 1 aliphatic carbocycles. The molecule has 2 fully saturated rings. The zero-order valence-corrected chi connectivity index (χ0v) is 21.2. The highest BCUT2D eigenvalue weighted by Gasteiger charge is 2.68. The smallest absolute Gasteiger partial charge is 0.308 e. The summed E-state index contributed by atoms with van der Waals surface area (Å²) in [6.45, 7) is 9.74. The average molecular weight is 499 g/mol. The first-order chi connectivity index (χ1) is 16.6. The lowest BCUT2D eigenvalue weighted by atomic mass is 9.67. The van der Waals surface area contributed by atoms with Gasteiger partial charge in [-0.1, -0.05) is 67.1 Å². The number of hydrogen-bond acceptors (Lipinski definition) is 6. The molecule has 1 heterocycles. The molecule has 186 valence electrons. The molecule has 2 aliphatic rings. The average Bonchev–Trinajstić information content (AvgIpc) is 2.80. The van der Waals surface area contributed by atoms with Crippen LogP contribution in [0.2, 0.25) is 5.02 Å². The maximum Gasteiger partial charge on any atom is 0.308 e. The van der Waals surface area contributed by atoms with E-state index in [1.54, 1.807) is 37.5 Å². The molecule has 2 aromatic carbocycles. The van der Waals surface area contributed by atoms with Gasteiger partial charge in [0.25, 0.3) is 5.79 Å². The number of aromatic hydroxyl groups is 1. The number of carbonyl (C=O) groups excluding carboxylic acids is 1. The summed E-state index contributed by atoms with van der Waals surface area (Å²) < 4.78 is 11.0. The summed E-state index contributed by atoms with van der Waals surface area (Å²) in [5.74, 6) is -0.625. The van der Waals surface area contributed by atoms with Gasteiger partial charge in [0.1, 0.15) is 11.5 Å². The number of phenolic OH excluding ortho intramolecular Hbond substituents is 1. The van der Waals surface area contributed by atoms with Crippen LogP contribution in [0.4, 0.5) is 0 Å². The van der Waals surface area contributed by atoms with Gasteiger partial charge in [-0.05, 0) is 49.8 Å². The summed E-state index contributed by atoms with van der Waals surface area (Å²) in [6, 6.07) is 10.6. The molecule has 1 aliphatic heterocycles. The SMILES string of the molecule is C=C1CC(C)CC(C2(C)OOC2(OC)c2ccc(/C=C/c3ccc(OC(C)=O)cc3)c(O)c2Cl)C1. The van der Waals surface area contributed by atoms with Crippen LogP contribution in [-0.2, 0) is 25.1 Å². The highest BCUT2D eigenvalue weighted by Crippen LogP contribution is 2.58. The van der Waals surface area contributed by atoms with E-state index in [-0.39, 0.29) is 22.7 Å². The Hall–Kier alpha value is -2.64. The summed E-state index contributed by atoms with van der Waals surface area (Å²) >= 11 is 6.68. The van der Waals surface area contributed by atoms with E-state index < -0.39 is 11.4 Å². The molecule has 1 saturated carbocycles. The van der Waals surface area contributed by atoms with E-state index in [1.165, 1.54) is 12.5 Å². The first-order valence-electron chi connectivity index (χ1n) is 11.7. The van der Waals surface area contributed by atoms with Crippen LogP contribution in [0.25, 0.3) is 12.2 Å². The minimum Gasteiger partial charge on any atom is -0.506 e. The zero-order chi connectivity index (χ0) is 25.4. The maximum atomic E-state index is 11.1. The van der Waals surface area contributed by atoms with Crippen LogP contribution < -0.4 is 4.74 Å². The van der Waals surface area contributed by atoms with Crippen LogP contribution >= 0.6 is 11.6 Å². The summed E-state index contributed by atoms with van der Waals surface area (Å²) in [7, 11) is 1.56. The van der Waals surface area contributed by atoms with E-state index in [0.717, 1.165) is 24.8 Å². The molecule has 4 unspecified atom stereocenters. The van der Waals surface area contributed by atoms with E-state index in [4.69, 9.17) is 30.8 Å². The fourth-order valence-corrected chi connectivity index (χ4v) is 5.50. The van der Waals surface area contributed by atoms with Crippen molar-refractivity contribution in [2.45, 2.75) is 51.4 Å². The lowest BCUT2D eigenvalue weighted by Gasteiger charge is -2.57. The molecule has 2 aromatic rings. The normalized spacial score (nSPS) is 28.7. The van der Waals surface area contributed by atoms with Crippen molar-refractivity contribution in [1.82, 2.24) is 0 Å². The molecule has 0 spiro atoms. The van der Waals surface area contributed by atoms with Crippen molar-refractivity contribution in [3.63, 3.8) is 0 Å². The summed E-state index contributed by atoms with van der Waals surface area (Å²) in [5, 5.41) is 11.1. The van der Waals surface area contributed by atoms with Crippen molar-refractivity contribution >= 4 is 29.7 Å². The van der Waals surface area contributed by atoms with Gasteiger partial charge in [0.05, 0.1) is 5.02 Å². The molecule has 1 N–H and O–H groups in total. The number of ether oxygens (including phenoxy) is 2. The second-order valence-corrected chi connectivity index (χ2v) is 10.0. The predicted molar refractivity (Wildman–Crippen MR) is 135 cm³/mol. The minimum absolute atomic E-state index is 0.0763. The number of benzene rings is 2. The fourth-order valence-electron chi connectivity index (χ4n) is 5.21. The van der Waals surface area contributed by atoms with Crippen LogP contribution in [0.3, 0.4) is 0 Å². The van der Waals surface area contributed by atoms with E-state index in [0.29, 0.717) is 22.8 Å². The van der Waals surface area contributed by atoms with Crippen molar-refractivity contribution < 1.29 is 29.1 Å². The third kappa shape index (κ3) is 4.64. The molecular weight excluding hydrogens is 468 g/mol. The van der Waals surface area contributed by atoms with Crippen LogP contribution in [0.1, 0.15) is 56.7 Å². The standard InChI is InChI=1S/C28H31ClO6/c1-17-14-18(2)16-22(15-17)27(4)28(32-5,35-34-27)24-13-10-21(26(31)25(24)29)9-6-20-7-11-23(12-8-20)33-19(3)30/h6-13,18,22,31H,1,14-16H2,2-5H3/b9-6+. The van der Waals surface area contributed by atoms with E-state index in [2.05, 4.69) is 13.5 Å². The van der Waals surface area contributed by atoms with Crippen molar-refractivity contribution in [2.24, 2.45) is 11.8 Å². The monoisotopic (exact) mass is 498 g/mol. The Labute approximate surface area is 211 Å². The molecule has 0 bridgehead atoms. The molecule has 4 rings (SSSR count). The third-order valence-corrected chi connectivity index (χ3v) is 7.39. The molecule has 0 amide bonds. The van der Waals surface area contributed by atoms with Crippen LogP contribution in [0, 0.1) is 11.8 Å². The molecule has 4 atom stereocenters. The molecule has 0 aromatic heterocycles. The Morgan fingerprint density at radius 2 is 1.89 bits per heavy atom. The summed E-state index contributed by atoms with van der Waals surface area (Å²) in [4.78, 5) is 22.4. The van der Waals surface area contributed by atoms with Crippen LogP contribution in [-0.4, -0.2) is 23.8 Å². The van der Waals surface area contributed by atoms with Crippen LogP contribution in [0.5, 0.6) is 11.5 Å². The number of hydrogen-bond donors (Lipinski definition) is 1. The summed E-state index contributed by atoms with van der Waals surface area (Å²) in [5.41, 5.74) is 2.31. The highest BCUT2D eigenvalue weighted by molar-refractivity contribution is 6.33. The quantitative estimate of drug-likeness (QED) is 0.158. The van der Waals surface area contributed by atoms with Crippen LogP contribution in [0.15, 0.2) is 48.6 Å². The lowest BCUT2D eigenvalue weighted by Crippen LogP contribution is -2.68. The number of phenols is 1. The highest BCUT2D eigenvalue weighted by atomic mass is 35.5. The van der Waals surface area contributed by atoms with Gasteiger partial charge in [0.2, 0.25) is 0 Å². The van der Waals surface area contributed by atoms with E-state index in [9.17, 15) is 9.90 Å². The summed E-state index contributed by atoms with van der Waals surface area (Å²) in [6.07, 6.45) is 6.36. The number of rotatable bonds is 6. The number of allylic oxidation sites excluding steroid dienone is 1. The predicted octanol–water partition coefficient (Wildman–Crippen LogP) is 6.65. The first-order valence-corrected chi connectivity index (χ1v) is 12.0. The van der Waals surface area contributed by atoms with E-state index in [1.807, 2.05) is 25.1 Å². The number of esters is 1. The van der Waals surface area contributed by atoms with Crippen molar-refractivity contribution in [2.75, 3.05) is 7.11 Å². The van der Waals surface area contributed by atoms with Gasteiger partial charge >= 0.3 is 5.97 Å². The molecule has 35 heavy (non-hydrogen) atoms. The van der Waals surface area contributed by atoms with E-state index >= 15 is 0 Å². The number of methoxy groups -OCH3 is 1. The minimum atomic E-state index is -1.25. The second kappa shape index (κ2) is 9.78. The van der Waals surface area contributed by atoms with Gasteiger partial charge < -0.3 is 14.6 Å². The van der Waals surface area contributed by atoms with Gasteiger partial charge in [-0.2, -0.15) is 4.89 Å². The molecule has 7 heteroatoms. The van der Waals surface area contributed by atoms with Crippen molar-refractivity contribution in [3.05, 3.63) is 70.3 Å². The number of halogens is 1. The zero-order valence-electron chi connectivity index (χ0n) is 20.5. The van der Waals surface area contributed by atoms with Crippen molar-refractivity contribution in [1.29, 1.82) is 0 Å². The number of carbonyl (C=O) groups is 1. The van der Waals surface area contributed by atoms with Gasteiger partial charge in [-0.15, -0.1) is 0 Å². The first kappa shape index (κ1) is 25.5. The van der Waals surface area contributed by atoms with Gasteiger partial charge in [-0.25, -0.2) is 4.89 Å². The molecular formula is C28H31ClO6. The van der Waals surface area contributed by atoms with Gasteiger partial charge in [0, 0.05) is 31.1 Å². The molecule has 6 nitrogen and oxygen atoms in total. The Morgan fingerprint density at radius 3 is 2.46 bits per heavy atom. The van der Waals surface area contributed by atoms with Gasteiger partial charge in [-0.3, -0.25) is 4.79 Å². The third-order valence-electron chi connectivity index (χ3n) is 7.01. The largest absolute Gasteiger partial charge is 0.506 e.